The second-order valence-electron chi connectivity index (χ2n) is 6.01. The van der Waals surface area contributed by atoms with Crippen LogP contribution in [0.15, 0.2) is 54.6 Å². The normalized spacial score (nSPS) is 16.2. The first-order valence-corrected chi connectivity index (χ1v) is 8.25. The summed E-state index contributed by atoms with van der Waals surface area (Å²) in [4.78, 5) is 4.83. The van der Waals surface area contributed by atoms with Gasteiger partial charge in [-0.15, -0.1) is 0 Å². The van der Waals surface area contributed by atoms with Crippen LogP contribution in [0.1, 0.15) is 0 Å². The summed E-state index contributed by atoms with van der Waals surface area (Å²) in [7, 11) is 2.18. The van der Waals surface area contributed by atoms with Crippen molar-refractivity contribution in [3.63, 3.8) is 0 Å². The maximum absolute atomic E-state index is 5.86. The molecule has 23 heavy (non-hydrogen) atoms. The number of anilines is 2. The first-order chi connectivity index (χ1) is 11.3. The number of likely N-dealkylation sites (N-methyl/N-ethyl adjacent to an activating group) is 1. The van der Waals surface area contributed by atoms with Gasteiger partial charge in [0.2, 0.25) is 0 Å². The topological polar surface area (TPSA) is 27.7 Å². The fourth-order valence-electron chi connectivity index (χ4n) is 2.69. The maximum Gasteiger partial charge on any atom is 0.119 e. The van der Waals surface area contributed by atoms with Crippen LogP contribution in [-0.4, -0.2) is 56.2 Å². The highest BCUT2D eigenvalue weighted by Gasteiger charge is 2.13. The Labute approximate surface area is 138 Å². The van der Waals surface area contributed by atoms with Crippen LogP contribution >= 0.6 is 0 Å². The molecule has 0 aromatic heterocycles. The molecule has 0 atom stereocenters. The molecule has 122 valence electrons. The number of ether oxygens (including phenoxy) is 1. The Balaban J connectivity index is 1.42. The summed E-state index contributed by atoms with van der Waals surface area (Å²) in [5, 5.41) is 3.37. The van der Waals surface area contributed by atoms with Crippen molar-refractivity contribution in [3.05, 3.63) is 54.6 Å². The molecular formula is C19H25N3O. The van der Waals surface area contributed by atoms with Gasteiger partial charge < -0.3 is 15.0 Å². The molecule has 0 unspecified atom stereocenters. The SMILES string of the molecule is CN1CCN(CCOc2ccc(Nc3ccccc3)cc2)CC1. The maximum atomic E-state index is 5.86. The molecule has 1 saturated heterocycles. The minimum absolute atomic E-state index is 0.745. The zero-order chi connectivity index (χ0) is 15.9. The zero-order valence-electron chi connectivity index (χ0n) is 13.7. The van der Waals surface area contributed by atoms with Crippen molar-refractivity contribution in [3.8, 4) is 5.75 Å². The smallest absolute Gasteiger partial charge is 0.119 e. The number of para-hydroxylation sites is 1. The summed E-state index contributed by atoms with van der Waals surface area (Å²) < 4.78 is 5.86. The van der Waals surface area contributed by atoms with Crippen LogP contribution in [0.3, 0.4) is 0 Å². The lowest BCUT2D eigenvalue weighted by atomic mass is 10.2. The molecule has 0 bridgehead atoms. The van der Waals surface area contributed by atoms with E-state index < -0.39 is 0 Å². The first kappa shape index (κ1) is 15.8. The van der Waals surface area contributed by atoms with Crippen LogP contribution in [0.2, 0.25) is 0 Å². The molecule has 0 saturated carbocycles. The quantitative estimate of drug-likeness (QED) is 0.887. The molecule has 0 spiro atoms. The van der Waals surface area contributed by atoms with E-state index in [0.29, 0.717) is 0 Å². The standard InChI is InChI=1S/C19H25N3O/c1-21-11-13-22(14-12-21)15-16-23-19-9-7-18(8-10-19)20-17-5-3-2-4-6-17/h2-10,20H,11-16H2,1H3. The molecule has 0 amide bonds. The van der Waals surface area contributed by atoms with Gasteiger partial charge in [-0.3, -0.25) is 4.90 Å². The summed E-state index contributed by atoms with van der Waals surface area (Å²) in [5.74, 6) is 0.928. The average Bonchev–Trinajstić information content (AvgIpc) is 2.59. The monoisotopic (exact) mass is 311 g/mol. The molecule has 1 aliphatic heterocycles. The van der Waals surface area contributed by atoms with Gasteiger partial charge in [-0.05, 0) is 43.4 Å². The van der Waals surface area contributed by atoms with E-state index in [1.807, 2.05) is 30.3 Å². The van der Waals surface area contributed by atoms with Crippen molar-refractivity contribution in [1.82, 2.24) is 9.80 Å². The third kappa shape index (κ3) is 4.98. The zero-order valence-corrected chi connectivity index (χ0v) is 13.7. The van der Waals surface area contributed by atoms with Crippen LogP contribution < -0.4 is 10.1 Å². The molecule has 1 aliphatic rings. The summed E-state index contributed by atoms with van der Waals surface area (Å²) in [6.07, 6.45) is 0. The van der Waals surface area contributed by atoms with Gasteiger partial charge in [-0.2, -0.15) is 0 Å². The van der Waals surface area contributed by atoms with Crippen LogP contribution in [0, 0.1) is 0 Å². The molecule has 1 N–H and O–H groups in total. The van der Waals surface area contributed by atoms with E-state index in [-0.39, 0.29) is 0 Å². The predicted octanol–water partition coefficient (Wildman–Crippen LogP) is 3.06. The van der Waals surface area contributed by atoms with Crippen LogP contribution in [-0.2, 0) is 0 Å². The average molecular weight is 311 g/mol. The lowest BCUT2D eigenvalue weighted by Crippen LogP contribution is -2.45. The van der Waals surface area contributed by atoms with E-state index in [1.165, 1.54) is 0 Å². The van der Waals surface area contributed by atoms with E-state index in [1.54, 1.807) is 0 Å². The van der Waals surface area contributed by atoms with Gasteiger partial charge >= 0.3 is 0 Å². The van der Waals surface area contributed by atoms with Gasteiger partial charge in [0.25, 0.3) is 0 Å². The molecule has 0 radical (unpaired) electrons. The first-order valence-electron chi connectivity index (χ1n) is 8.25. The second-order valence-corrected chi connectivity index (χ2v) is 6.01. The van der Waals surface area contributed by atoms with Crippen molar-refractivity contribution in [2.75, 3.05) is 51.7 Å². The summed E-state index contributed by atoms with van der Waals surface area (Å²) in [6.45, 7) is 6.33. The minimum Gasteiger partial charge on any atom is -0.492 e. The fraction of sp³-hybridized carbons (Fsp3) is 0.368. The molecule has 2 aromatic carbocycles. The van der Waals surface area contributed by atoms with Gasteiger partial charge in [0.1, 0.15) is 12.4 Å². The van der Waals surface area contributed by atoms with Crippen LogP contribution in [0.5, 0.6) is 5.75 Å². The third-order valence-electron chi connectivity index (χ3n) is 4.19. The predicted molar refractivity (Wildman–Crippen MR) is 95.6 cm³/mol. The Morgan fingerprint density at radius 1 is 0.870 bits per heavy atom. The molecule has 0 aliphatic carbocycles. The highest BCUT2D eigenvalue weighted by molar-refractivity contribution is 5.59. The summed E-state index contributed by atoms with van der Waals surface area (Å²) in [6, 6.07) is 18.3. The van der Waals surface area contributed by atoms with Crippen molar-refractivity contribution in [2.45, 2.75) is 0 Å². The number of nitrogens with one attached hydrogen (secondary N) is 1. The molecule has 1 heterocycles. The van der Waals surface area contributed by atoms with Crippen molar-refractivity contribution >= 4 is 11.4 Å². The van der Waals surface area contributed by atoms with Gasteiger partial charge in [0.15, 0.2) is 0 Å². The van der Waals surface area contributed by atoms with E-state index in [4.69, 9.17) is 4.74 Å². The van der Waals surface area contributed by atoms with Crippen LogP contribution in [0.25, 0.3) is 0 Å². The Bertz CT molecular complexity index is 577. The number of rotatable bonds is 6. The largest absolute Gasteiger partial charge is 0.492 e. The number of benzene rings is 2. The Morgan fingerprint density at radius 2 is 1.52 bits per heavy atom. The lowest BCUT2D eigenvalue weighted by Gasteiger charge is -2.32. The van der Waals surface area contributed by atoms with Crippen molar-refractivity contribution in [2.24, 2.45) is 0 Å². The highest BCUT2D eigenvalue weighted by atomic mass is 16.5. The highest BCUT2D eigenvalue weighted by Crippen LogP contribution is 2.19. The van der Waals surface area contributed by atoms with Gasteiger partial charge in [-0.25, -0.2) is 0 Å². The second kappa shape index (κ2) is 7.99. The third-order valence-corrected chi connectivity index (χ3v) is 4.19. The van der Waals surface area contributed by atoms with E-state index in [9.17, 15) is 0 Å². The summed E-state index contributed by atoms with van der Waals surface area (Å²) in [5.41, 5.74) is 2.17. The van der Waals surface area contributed by atoms with Gasteiger partial charge in [-0.1, -0.05) is 18.2 Å². The van der Waals surface area contributed by atoms with E-state index in [2.05, 4.69) is 46.4 Å². The fourth-order valence-corrected chi connectivity index (χ4v) is 2.69. The number of piperazine rings is 1. The minimum atomic E-state index is 0.745. The molecule has 3 rings (SSSR count). The van der Waals surface area contributed by atoms with Gasteiger partial charge in [0, 0.05) is 44.1 Å². The number of hydrogen-bond donors (Lipinski definition) is 1. The Morgan fingerprint density at radius 3 is 2.22 bits per heavy atom. The van der Waals surface area contributed by atoms with E-state index in [0.717, 1.165) is 56.5 Å². The molecular weight excluding hydrogens is 286 g/mol. The van der Waals surface area contributed by atoms with Gasteiger partial charge in [0.05, 0.1) is 0 Å². The molecule has 4 heteroatoms. The van der Waals surface area contributed by atoms with Crippen LogP contribution in [0.4, 0.5) is 11.4 Å². The number of hydrogen-bond acceptors (Lipinski definition) is 4. The molecule has 4 nitrogen and oxygen atoms in total. The molecule has 1 fully saturated rings. The van der Waals surface area contributed by atoms with Crippen molar-refractivity contribution in [1.29, 1.82) is 0 Å². The van der Waals surface area contributed by atoms with Crippen molar-refractivity contribution < 1.29 is 4.74 Å². The number of nitrogens with zero attached hydrogens (tertiary/aromatic N) is 2. The lowest BCUT2D eigenvalue weighted by molar-refractivity contribution is 0.134. The van der Waals surface area contributed by atoms with E-state index >= 15 is 0 Å². The Kier molecular flexibility index (Phi) is 5.51. The Hall–Kier alpha value is -2.04. The molecule has 2 aromatic rings. The summed E-state index contributed by atoms with van der Waals surface area (Å²) >= 11 is 0.